The maximum absolute atomic E-state index is 14.0. The Labute approximate surface area is 188 Å². The van der Waals surface area contributed by atoms with Crippen molar-refractivity contribution in [1.29, 1.82) is 0 Å². The molecule has 1 heterocycles. The lowest BCUT2D eigenvalue weighted by molar-refractivity contribution is -0.133. The minimum Gasteiger partial charge on any atom is -0.353 e. The predicted molar refractivity (Wildman–Crippen MR) is 123 cm³/mol. The second-order valence-electron chi connectivity index (χ2n) is 7.98. The van der Waals surface area contributed by atoms with E-state index in [1.165, 1.54) is 17.0 Å². The van der Waals surface area contributed by atoms with E-state index in [2.05, 4.69) is 5.32 Å². The molecule has 1 aromatic heterocycles. The van der Waals surface area contributed by atoms with Gasteiger partial charge in [-0.15, -0.1) is 0 Å². The van der Waals surface area contributed by atoms with Gasteiger partial charge in [-0.05, 0) is 43.7 Å². The fourth-order valence-corrected chi connectivity index (χ4v) is 3.38. The van der Waals surface area contributed by atoms with Crippen LogP contribution in [0.3, 0.4) is 0 Å². The summed E-state index contributed by atoms with van der Waals surface area (Å²) in [7, 11) is 1.93. The van der Waals surface area contributed by atoms with Crippen molar-refractivity contribution < 1.29 is 14.0 Å². The minimum absolute atomic E-state index is 0.0838. The van der Waals surface area contributed by atoms with E-state index in [-0.39, 0.29) is 24.2 Å². The highest BCUT2D eigenvalue weighted by atomic mass is 19.1. The van der Waals surface area contributed by atoms with Crippen LogP contribution in [0.1, 0.15) is 25.1 Å². The van der Waals surface area contributed by atoms with Crippen molar-refractivity contribution >= 4 is 17.6 Å². The molecule has 0 fully saturated rings. The smallest absolute Gasteiger partial charge is 0.322 e. The molecule has 0 aliphatic rings. The summed E-state index contributed by atoms with van der Waals surface area (Å²) >= 11 is 0. The summed E-state index contributed by atoms with van der Waals surface area (Å²) in [6.45, 7) is 4.37. The van der Waals surface area contributed by atoms with Crippen LogP contribution in [-0.4, -0.2) is 38.9 Å². The van der Waals surface area contributed by atoms with E-state index in [1.807, 2.05) is 74.1 Å². The van der Waals surface area contributed by atoms with E-state index >= 15 is 0 Å². The van der Waals surface area contributed by atoms with E-state index in [1.54, 1.807) is 17.0 Å². The van der Waals surface area contributed by atoms with Gasteiger partial charge in [0.15, 0.2) is 0 Å². The number of halogens is 1. The largest absolute Gasteiger partial charge is 0.353 e. The molecule has 0 aliphatic heterocycles. The highest BCUT2D eigenvalue weighted by molar-refractivity contribution is 5.92. The minimum atomic E-state index is -0.523. The number of aryl methyl sites for hydroxylation is 1. The number of amides is 3. The highest BCUT2D eigenvalue weighted by Crippen LogP contribution is 2.16. The van der Waals surface area contributed by atoms with Crippen molar-refractivity contribution in [1.82, 2.24) is 14.4 Å². The average molecular weight is 437 g/mol. The van der Waals surface area contributed by atoms with E-state index in [9.17, 15) is 14.0 Å². The Morgan fingerprint density at radius 2 is 1.66 bits per heavy atom. The fourth-order valence-electron chi connectivity index (χ4n) is 3.38. The van der Waals surface area contributed by atoms with Gasteiger partial charge in [-0.25, -0.2) is 9.18 Å². The number of carbonyl (C=O) groups is 2. The van der Waals surface area contributed by atoms with Gasteiger partial charge in [0.1, 0.15) is 12.4 Å². The van der Waals surface area contributed by atoms with Crippen molar-refractivity contribution in [2.75, 3.05) is 11.9 Å². The van der Waals surface area contributed by atoms with E-state index in [0.717, 1.165) is 11.3 Å². The van der Waals surface area contributed by atoms with Crippen molar-refractivity contribution in [2.45, 2.75) is 33.0 Å². The molecule has 0 saturated heterocycles. The zero-order chi connectivity index (χ0) is 23.1. The van der Waals surface area contributed by atoms with Gasteiger partial charge in [-0.3, -0.25) is 4.79 Å². The summed E-state index contributed by atoms with van der Waals surface area (Å²) in [6.07, 6.45) is 1.93. The molecule has 0 unspecified atom stereocenters. The molecule has 6 nitrogen and oxygen atoms in total. The van der Waals surface area contributed by atoms with Crippen LogP contribution in [-0.2, 0) is 24.9 Å². The molecule has 3 aromatic rings. The third kappa shape index (κ3) is 5.97. The molecule has 7 heteroatoms. The first kappa shape index (κ1) is 23.1. The van der Waals surface area contributed by atoms with Crippen LogP contribution in [0.15, 0.2) is 72.9 Å². The fraction of sp³-hybridized carbons (Fsp3) is 0.280. The number of benzene rings is 2. The average Bonchev–Trinajstić information content (AvgIpc) is 3.17. The molecule has 0 aliphatic carbocycles. The van der Waals surface area contributed by atoms with Crippen LogP contribution in [0.2, 0.25) is 0 Å². The lowest BCUT2D eigenvalue weighted by Gasteiger charge is -2.30. The molecule has 0 bridgehead atoms. The molecule has 3 amide bonds. The van der Waals surface area contributed by atoms with Crippen LogP contribution in [0.4, 0.5) is 14.9 Å². The Morgan fingerprint density at radius 3 is 2.28 bits per heavy atom. The Morgan fingerprint density at radius 1 is 0.969 bits per heavy atom. The van der Waals surface area contributed by atoms with Crippen LogP contribution >= 0.6 is 0 Å². The summed E-state index contributed by atoms with van der Waals surface area (Å²) in [4.78, 5) is 29.4. The lowest BCUT2D eigenvalue weighted by atomic mass is 10.2. The summed E-state index contributed by atoms with van der Waals surface area (Å²) in [6, 6.07) is 18.8. The van der Waals surface area contributed by atoms with Gasteiger partial charge in [0.05, 0.1) is 12.2 Å². The molecule has 1 N–H and O–H groups in total. The lowest BCUT2D eigenvalue weighted by Crippen LogP contribution is -2.47. The summed E-state index contributed by atoms with van der Waals surface area (Å²) in [5.41, 5.74) is 2.07. The Kier molecular flexibility index (Phi) is 7.65. The van der Waals surface area contributed by atoms with Crippen LogP contribution in [0, 0.1) is 5.82 Å². The first-order chi connectivity index (χ1) is 15.3. The van der Waals surface area contributed by atoms with Gasteiger partial charge >= 0.3 is 6.03 Å². The summed E-state index contributed by atoms with van der Waals surface area (Å²) < 4.78 is 16.0. The Bertz CT molecular complexity index is 1050. The molecule has 0 radical (unpaired) electrons. The van der Waals surface area contributed by atoms with Gasteiger partial charge < -0.3 is 19.7 Å². The topological polar surface area (TPSA) is 57.6 Å². The second kappa shape index (κ2) is 10.6. The number of aromatic nitrogens is 1. The Hall–Kier alpha value is -3.61. The Balaban J connectivity index is 1.77. The zero-order valence-electron chi connectivity index (χ0n) is 18.7. The van der Waals surface area contributed by atoms with Crippen molar-refractivity contribution in [2.24, 2.45) is 7.05 Å². The number of carbonyl (C=O) groups excluding carboxylic acids is 2. The van der Waals surface area contributed by atoms with E-state index in [0.29, 0.717) is 13.1 Å². The quantitative estimate of drug-likeness (QED) is 0.560. The number of nitrogens with zero attached hydrogens (tertiary/aromatic N) is 3. The number of urea groups is 1. The predicted octanol–water partition coefficient (Wildman–Crippen LogP) is 4.64. The molecule has 3 rings (SSSR count). The van der Waals surface area contributed by atoms with E-state index < -0.39 is 11.8 Å². The monoisotopic (exact) mass is 436 g/mol. The highest BCUT2D eigenvalue weighted by Gasteiger charge is 2.25. The van der Waals surface area contributed by atoms with Gasteiger partial charge in [0.25, 0.3) is 0 Å². The normalized spacial score (nSPS) is 10.8. The third-order valence-electron chi connectivity index (χ3n) is 5.28. The van der Waals surface area contributed by atoms with Crippen LogP contribution < -0.4 is 5.32 Å². The molecular weight excluding hydrogens is 407 g/mol. The first-order valence-corrected chi connectivity index (χ1v) is 10.6. The molecule has 0 atom stereocenters. The maximum atomic E-state index is 14.0. The van der Waals surface area contributed by atoms with Crippen LogP contribution in [0.25, 0.3) is 0 Å². The number of nitrogens with one attached hydrogen (secondary N) is 1. The number of hydrogen-bond donors (Lipinski definition) is 1. The summed E-state index contributed by atoms with van der Waals surface area (Å²) in [5.74, 6) is -0.710. The second-order valence-corrected chi connectivity index (χ2v) is 7.98. The zero-order valence-corrected chi connectivity index (χ0v) is 18.7. The molecular formula is C25H29FN4O2. The van der Waals surface area contributed by atoms with Crippen molar-refractivity contribution in [3.05, 3.63) is 90.0 Å². The summed E-state index contributed by atoms with van der Waals surface area (Å²) in [5, 5.41) is 2.58. The maximum Gasteiger partial charge on any atom is 0.322 e. The van der Waals surface area contributed by atoms with Gasteiger partial charge in [0.2, 0.25) is 5.91 Å². The molecule has 168 valence electrons. The van der Waals surface area contributed by atoms with E-state index in [4.69, 9.17) is 0 Å². The van der Waals surface area contributed by atoms with Crippen molar-refractivity contribution in [3.8, 4) is 0 Å². The standard InChI is InChI=1S/C25H29FN4O2/c1-19(2)30(25(32)27-23-14-8-7-13-22(23)26)18-24(31)29(16-20-10-5-4-6-11-20)17-21-12-9-15-28(21)3/h4-15,19H,16-18H2,1-3H3,(H,27,32). The first-order valence-electron chi connectivity index (χ1n) is 10.6. The van der Waals surface area contributed by atoms with Gasteiger partial charge in [-0.2, -0.15) is 0 Å². The SMILES string of the molecule is CC(C)N(CC(=O)N(Cc1ccccc1)Cc1cccn1C)C(=O)Nc1ccccc1F. The molecule has 2 aromatic carbocycles. The molecule has 0 spiro atoms. The number of para-hydroxylation sites is 1. The van der Waals surface area contributed by atoms with Crippen molar-refractivity contribution in [3.63, 3.8) is 0 Å². The third-order valence-corrected chi connectivity index (χ3v) is 5.28. The van der Waals surface area contributed by atoms with Gasteiger partial charge in [-0.1, -0.05) is 42.5 Å². The number of anilines is 1. The number of rotatable bonds is 8. The van der Waals surface area contributed by atoms with Crippen LogP contribution in [0.5, 0.6) is 0 Å². The molecule has 0 saturated carbocycles. The number of hydrogen-bond acceptors (Lipinski definition) is 2. The molecule has 32 heavy (non-hydrogen) atoms. The van der Waals surface area contributed by atoms with Gasteiger partial charge in [0, 0.05) is 31.5 Å².